The minimum Gasteiger partial charge on any atom is -0.294 e. The fourth-order valence-electron chi connectivity index (χ4n) is 1.74. The molecule has 0 bridgehead atoms. The first-order valence-electron chi connectivity index (χ1n) is 5.85. The van der Waals surface area contributed by atoms with E-state index in [1.807, 2.05) is 12.1 Å². The number of rotatable bonds is 3. The Hall–Kier alpha value is -2.73. The lowest BCUT2D eigenvalue weighted by Gasteiger charge is -2.03. The van der Waals surface area contributed by atoms with Gasteiger partial charge in [0.05, 0.1) is 17.3 Å². The molecule has 2 aromatic rings. The second-order valence-electron chi connectivity index (χ2n) is 4.07. The van der Waals surface area contributed by atoms with E-state index in [1.54, 1.807) is 42.6 Å². The van der Waals surface area contributed by atoms with Crippen molar-refractivity contribution in [3.8, 4) is 6.07 Å². The van der Waals surface area contributed by atoms with E-state index in [0.29, 0.717) is 16.8 Å². The summed E-state index contributed by atoms with van der Waals surface area (Å²) in [5.74, 6) is -0.0546. The molecule has 0 saturated carbocycles. The van der Waals surface area contributed by atoms with E-state index in [2.05, 4.69) is 11.1 Å². The van der Waals surface area contributed by atoms with Crippen molar-refractivity contribution in [2.75, 3.05) is 0 Å². The molecule has 0 N–H and O–H groups in total. The maximum absolute atomic E-state index is 11.7. The second-order valence-corrected chi connectivity index (χ2v) is 4.07. The number of nitrogens with zero attached hydrogens (tertiary/aromatic N) is 2. The Morgan fingerprint density at radius 3 is 2.74 bits per heavy atom. The number of ketones is 1. The van der Waals surface area contributed by atoms with Gasteiger partial charge in [-0.25, -0.2) is 0 Å². The van der Waals surface area contributed by atoms with Gasteiger partial charge in [-0.05, 0) is 42.8 Å². The van der Waals surface area contributed by atoms with Crippen LogP contribution in [0, 0.1) is 11.3 Å². The molecular weight excluding hydrogens is 236 g/mol. The maximum Gasteiger partial charge on any atom is 0.161 e. The minimum atomic E-state index is -0.0546. The van der Waals surface area contributed by atoms with Crippen LogP contribution in [-0.2, 0) is 4.79 Å². The highest BCUT2D eigenvalue weighted by Crippen LogP contribution is 2.17. The number of hydrogen-bond acceptors (Lipinski definition) is 3. The third kappa shape index (κ3) is 3.14. The molecule has 1 aromatic heterocycles. The quantitative estimate of drug-likeness (QED) is 0.784. The van der Waals surface area contributed by atoms with Gasteiger partial charge in [-0.15, -0.1) is 0 Å². The van der Waals surface area contributed by atoms with Crippen molar-refractivity contribution in [3.05, 3.63) is 65.5 Å². The van der Waals surface area contributed by atoms with E-state index in [-0.39, 0.29) is 5.78 Å². The standard InChI is InChI=1S/C16H12N2O/c1-12(19)15(16-7-2-3-8-18-16)10-13-5-4-6-14(9-13)11-17/h2-10H,1H3/b15-10-. The molecule has 0 spiro atoms. The van der Waals surface area contributed by atoms with Crippen LogP contribution < -0.4 is 0 Å². The van der Waals surface area contributed by atoms with Gasteiger partial charge in [0, 0.05) is 11.8 Å². The SMILES string of the molecule is CC(=O)/C(=C/c1cccc(C#N)c1)c1ccccn1. The maximum atomic E-state index is 11.7. The predicted octanol–water partition coefficient (Wildman–Crippen LogP) is 3.08. The van der Waals surface area contributed by atoms with Crippen LogP contribution in [0.4, 0.5) is 0 Å². The summed E-state index contributed by atoms with van der Waals surface area (Å²) in [5.41, 5.74) is 2.56. The summed E-state index contributed by atoms with van der Waals surface area (Å²) in [6, 6.07) is 14.6. The van der Waals surface area contributed by atoms with Crippen LogP contribution in [0.3, 0.4) is 0 Å². The van der Waals surface area contributed by atoms with Crippen molar-refractivity contribution in [1.82, 2.24) is 4.98 Å². The van der Waals surface area contributed by atoms with Crippen molar-refractivity contribution in [3.63, 3.8) is 0 Å². The van der Waals surface area contributed by atoms with Crippen molar-refractivity contribution in [2.24, 2.45) is 0 Å². The van der Waals surface area contributed by atoms with Gasteiger partial charge < -0.3 is 0 Å². The van der Waals surface area contributed by atoms with E-state index in [9.17, 15) is 4.79 Å². The molecule has 0 aliphatic carbocycles. The zero-order valence-corrected chi connectivity index (χ0v) is 10.5. The highest BCUT2D eigenvalue weighted by Gasteiger charge is 2.08. The first kappa shape index (κ1) is 12.7. The van der Waals surface area contributed by atoms with Crippen molar-refractivity contribution < 1.29 is 4.79 Å². The molecular formula is C16H12N2O. The van der Waals surface area contributed by atoms with Gasteiger partial charge in [0.15, 0.2) is 5.78 Å². The molecule has 3 heteroatoms. The average Bonchev–Trinajstić information content (AvgIpc) is 2.45. The van der Waals surface area contributed by atoms with Gasteiger partial charge in [0.25, 0.3) is 0 Å². The molecule has 92 valence electrons. The first-order chi connectivity index (χ1) is 9.20. The fourth-order valence-corrected chi connectivity index (χ4v) is 1.74. The largest absolute Gasteiger partial charge is 0.294 e. The van der Waals surface area contributed by atoms with E-state index in [0.717, 1.165) is 5.56 Å². The number of Topliss-reactive ketones (excluding diaryl/α,β-unsaturated/α-hetero) is 1. The van der Waals surface area contributed by atoms with Crippen molar-refractivity contribution in [1.29, 1.82) is 5.26 Å². The van der Waals surface area contributed by atoms with Gasteiger partial charge in [0.1, 0.15) is 0 Å². The van der Waals surface area contributed by atoms with Gasteiger partial charge in [-0.3, -0.25) is 9.78 Å². The molecule has 0 unspecified atom stereocenters. The molecule has 3 nitrogen and oxygen atoms in total. The Balaban J connectivity index is 2.48. The number of hydrogen-bond donors (Lipinski definition) is 0. The monoisotopic (exact) mass is 248 g/mol. The molecule has 1 heterocycles. The predicted molar refractivity (Wildman–Crippen MR) is 73.9 cm³/mol. The van der Waals surface area contributed by atoms with Gasteiger partial charge in [-0.1, -0.05) is 18.2 Å². The van der Waals surface area contributed by atoms with E-state index >= 15 is 0 Å². The van der Waals surface area contributed by atoms with E-state index in [1.165, 1.54) is 6.92 Å². The highest BCUT2D eigenvalue weighted by atomic mass is 16.1. The smallest absolute Gasteiger partial charge is 0.161 e. The molecule has 0 aliphatic heterocycles. The number of carbonyl (C=O) groups excluding carboxylic acids is 1. The Kier molecular flexibility index (Phi) is 3.84. The number of pyridine rings is 1. The lowest BCUT2D eigenvalue weighted by molar-refractivity contribution is -0.111. The molecule has 0 radical (unpaired) electrons. The van der Waals surface area contributed by atoms with Crippen LogP contribution in [0.25, 0.3) is 11.6 Å². The number of aromatic nitrogens is 1. The summed E-state index contributed by atoms with van der Waals surface area (Å²) in [7, 11) is 0. The number of nitriles is 1. The lowest BCUT2D eigenvalue weighted by Crippen LogP contribution is -1.98. The Labute approximate surface area is 111 Å². The normalized spacial score (nSPS) is 10.8. The molecule has 2 rings (SSSR count). The van der Waals surface area contributed by atoms with Crippen molar-refractivity contribution >= 4 is 17.4 Å². The highest BCUT2D eigenvalue weighted by molar-refractivity contribution is 6.23. The first-order valence-corrected chi connectivity index (χ1v) is 5.85. The molecule has 0 amide bonds. The summed E-state index contributed by atoms with van der Waals surface area (Å²) in [5, 5.41) is 8.87. The van der Waals surface area contributed by atoms with Crippen LogP contribution >= 0.6 is 0 Å². The molecule has 19 heavy (non-hydrogen) atoms. The van der Waals surface area contributed by atoms with Crippen molar-refractivity contribution in [2.45, 2.75) is 6.92 Å². The summed E-state index contributed by atoms with van der Waals surface area (Å²) in [6.07, 6.45) is 3.41. The van der Waals surface area contributed by atoms with Crippen LogP contribution in [0.5, 0.6) is 0 Å². The number of allylic oxidation sites excluding steroid dienone is 1. The van der Waals surface area contributed by atoms with Crippen LogP contribution in [0.1, 0.15) is 23.7 Å². The second kappa shape index (κ2) is 5.74. The summed E-state index contributed by atoms with van der Waals surface area (Å²) in [6.45, 7) is 1.51. The van der Waals surface area contributed by atoms with Gasteiger partial charge in [0.2, 0.25) is 0 Å². The fraction of sp³-hybridized carbons (Fsp3) is 0.0625. The van der Waals surface area contributed by atoms with Crippen LogP contribution in [-0.4, -0.2) is 10.8 Å². The van der Waals surface area contributed by atoms with Gasteiger partial charge >= 0.3 is 0 Å². The van der Waals surface area contributed by atoms with Crippen LogP contribution in [0.15, 0.2) is 48.7 Å². The number of benzene rings is 1. The van der Waals surface area contributed by atoms with Crippen LogP contribution in [0.2, 0.25) is 0 Å². The lowest BCUT2D eigenvalue weighted by atomic mass is 10.0. The average molecular weight is 248 g/mol. The number of carbonyl (C=O) groups is 1. The Morgan fingerprint density at radius 1 is 1.26 bits per heavy atom. The van der Waals surface area contributed by atoms with E-state index < -0.39 is 0 Å². The summed E-state index contributed by atoms with van der Waals surface area (Å²) in [4.78, 5) is 15.9. The molecule has 0 aliphatic rings. The third-order valence-electron chi connectivity index (χ3n) is 2.65. The zero-order chi connectivity index (χ0) is 13.7. The molecule has 1 aromatic carbocycles. The summed E-state index contributed by atoms with van der Waals surface area (Å²) >= 11 is 0. The molecule has 0 atom stereocenters. The topological polar surface area (TPSA) is 53.8 Å². The van der Waals surface area contributed by atoms with E-state index in [4.69, 9.17) is 5.26 Å². The Bertz CT molecular complexity index is 667. The minimum absolute atomic E-state index is 0.0546. The summed E-state index contributed by atoms with van der Waals surface area (Å²) < 4.78 is 0. The van der Waals surface area contributed by atoms with Gasteiger partial charge in [-0.2, -0.15) is 5.26 Å². The third-order valence-corrected chi connectivity index (χ3v) is 2.65. The Morgan fingerprint density at radius 2 is 2.11 bits per heavy atom. The zero-order valence-electron chi connectivity index (χ0n) is 10.5. The molecule has 0 saturated heterocycles. The molecule has 0 fully saturated rings.